The van der Waals surface area contributed by atoms with Crippen molar-refractivity contribution >= 4 is 17.3 Å². The lowest BCUT2D eigenvalue weighted by Crippen LogP contribution is -2.40. The molecule has 0 bridgehead atoms. The number of nitrogens with zero attached hydrogens (tertiary/aromatic N) is 1. The zero-order valence-corrected chi connectivity index (χ0v) is 21.5. The first-order chi connectivity index (χ1) is 18.5. The average molecular weight is 534 g/mol. The van der Waals surface area contributed by atoms with Gasteiger partial charge < -0.3 is 14.9 Å². The van der Waals surface area contributed by atoms with Crippen molar-refractivity contribution in [1.82, 2.24) is 0 Å². The Hall–Kier alpha value is -4.46. The van der Waals surface area contributed by atoms with Crippen molar-refractivity contribution in [3.63, 3.8) is 0 Å². The SMILES string of the molecule is CCc1ccc(O)c(C2(c3cc(C)c(O)c(C)c3)C(=O)N(c3cccc(OC(F)(F)F)c3)c3ccccc32)c1. The van der Waals surface area contributed by atoms with E-state index in [-0.39, 0.29) is 17.2 Å². The Bertz CT molecular complexity index is 1570. The summed E-state index contributed by atoms with van der Waals surface area (Å²) in [4.78, 5) is 16.2. The monoisotopic (exact) mass is 533 g/mol. The number of carbonyl (C=O) groups excluding carboxylic acids is 1. The molecule has 1 unspecified atom stereocenters. The van der Waals surface area contributed by atoms with Crippen LogP contribution in [0, 0.1) is 13.8 Å². The Morgan fingerprint density at radius 2 is 1.56 bits per heavy atom. The molecule has 4 aromatic carbocycles. The van der Waals surface area contributed by atoms with Crippen LogP contribution < -0.4 is 9.64 Å². The number of halogens is 3. The number of fused-ring (bicyclic) bond motifs is 1. The molecule has 200 valence electrons. The van der Waals surface area contributed by atoms with Crippen LogP contribution in [0.2, 0.25) is 0 Å². The highest BCUT2D eigenvalue weighted by Crippen LogP contribution is 2.55. The molecule has 0 aliphatic carbocycles. The first-order valence-electron chi connectivity index (χ1n) is 12.4. The van der Waals surface area contributed by atoms with Gasteiger partial charge in [-0.25, -0.2) is 0 Å². The maximum absolute atomic E-state index is 14.8. The van der Waals surface area contributed by atoms with Gasteiger partial charge in [-0.1, -0.05) is 55.5 Å². The molecule has 1 heterocycles. The molecule has 0 saturated heterocycles. The largest absolute Gasteiger partial charge is 0.573 e. The van der Waals surface area contributed by atoms with E-state index in [1.54, 1.807) is 68.4 Å². The number of phenolic OH excluding ortho intramolecular Hbond substituents is 2. The molecule has 4 aromatic rings. The fourth-order valence-corrected chi connectivity index (χ4v) is 5.42. The van der Waals surface area contributed by atoms with Crippen LogP contribution in [0.15, 0.2) is 78.9 Å². The van der Waals surface area contributed by atoms with Crippen molar-refractivity contribution in [2.24, 2.45) is 0 Å². The van der Waals surface area contributed by atoms with Crippen LogP contribution in [0.25, 0.3) is 0 Å². The Labute approximate surface area is 223 Å². The van der Waals surface area contributed by atoms with Gasteiger partial charge in [0.25, 0.3) is 5.91 Å². The number of aromatic hydroxyl groups is 2. The number of para-hydroxylation sites is 1. The van der Waals surface area contributed by atoms with Crippen LogP contribution in [0.4, 0.5) is 24.5 Å². The summed E-state index contributed by atoms with van der Waals surface area (Å²) in [6.07, 6.45) is -4.25. The van der Waals surface area contributed by atoms with E-state index in [9.17, 15) is 28.2 Å². The number of carbonyl (C=O) groups is 1. The number of benzene rings is 4. The van der Waals surface area contributed by atoms with E-state index in [2.05, 4.69) is 4.74 Å². The molecule has 39 heavy (non-hydrogen) atoms. The lowest BCUT2D eigenvalue weighted by atomic mass is 9.68. The van der Waals surface area contributed by atoms with Gasteiger partial charge in [-0.2, -0.15) is 0 Å². The molecule has 1 amide bonds. The summed E-state index contributed by atoms with van der Waals surface area (Å²) >= 11 is 0. The van der Waals surface area contributed by atoms with Crippen molar-refractivity contribution in [3.8, 4) is 17.2 Å². The van der Waals surface area contributed by atoms with E-state index in [1.165, 1.54) is 23.1 Å². The Morgan fingerprint density at radius 3 is 2.23 bits per heavy atom. The fourth-order valence-electron chi connectivity index (χ4n) is 5.42. The van der Waals surface area contributed by atoms with Gasteiger partial charge in [-0.05, 0) is 66.8 Å². The topological polar surface area (TPSA) is 70.0 Å². The number of hydrogen-bond acceptors (Lipinski definition) is 4. The molecule has 5 rings (SSSR count). The number of rotatable bonds is 5. The van der Waals surface area contributed by atoms with Crippen molar-refractivity contribution in [2.45, 2.75) is 39.0 Å². The molecule has 1 aliphatic heterocycles. The van der Waals surface area contributed by atoms with E-state index < -0.39 is 23.4 Å². The predicted molar refractivity (Wildman–Crippen MR) is 142 cm³/mol. The predicted octanol–water partition coefficient (Wildman–Crippen LogP) is 7.19. The van der Waals surface area contributed by atoms with Crippen molar-refractivity contribution in [3.05, 3.63) is 112 Å². The summed E-state index contributed by atoms with van der Waals surface area (Å²) in [6.45, 7) is 5.41. The first kappa shape index (κ1) is 26.2. The Kier molecular flexibility index (Phi) is 6.29. The molecule has 0 aromatic heterocycles. The van der Waals surface area contributed by atoms with Crippen LogP contribution in [0.5, 0.6) is 17.2 Å². The smallest absolute Gasteiger partial charge is 0.508 e. The standard InChI is InChI=1S/C31H26F3NO4/c1-4-20-12-13-27(36)25(16-20)30(21-14-18(2)28(37)19(3)15-21)24-10-5-6-11-26(24)35(29(30)38)22-8-7-9-23(17-22)39-31(32,33)34/h5-17,36-37H,4H2,1-3H3. The molecule has 0 fully saturated rings. The van der Waals surface area contributed by atoms with Gasteiger partial charge in [0, 0.05) is 17.2 Å². The van der Waals surface area contributed by atoms with Crippen molar-refractivity contribution < 1.29 is 32.9 Å². The minimum atomic E-state index is -4.90. The third kappa shape index (κ3) is 4.26. The van der Waals surface area contributed by atoms with Crippen molar-refractivity contribution in [2.75, 3.05) is 4.90 Å². The zero-order valence-electron chi connectivity index (χ0n) is 21.5. The van der Waals surface area contributed by atoms with E-state index in [1.807, 2.05) is 6.92 Å². The van der Waals surface area contributed by atoms with E-state index in [4.69, 9.17) is 0 Å². The van der Waals surface area contributed by atoms with Crippen LogP contribution in [0.3, 0.4) is 0 Å². The summed E-state index contributed by atoms with van der Waals surface area (Å²) < 4.78 is 43.1. The normalized spacial score (nSPS) is 16.9. The summed E-state index contributed by atoms with van der Waals surface area (Å²) in [6, 6.07) is 20.8. The van der Waals surface area contributed by atoms with Crippen LogP contribution >= 0.6 is 0 Å². The summed E-state index contributed by atoms with van der Waals surface area (Å²) in [5, 5.41) is 21.7. The van der Waals surface area contributed by atoms with Gasteiger partial charge in [-0.15, -0.1) is 13.2 Å². The number of amides is 1. The number of hydrogen-bond donors (Lipinski definition) is 2. The average Bonchev–Trinajstić information content (AvgIpc) is 3.15. The lowest BCUT2D eigenvalue weighted by Gasteiger charge is -2.32. The van der Waals surface area contributed by atoms with Gasteiger partial charge in [0.15, 0.2) is 0 Å². The number of aryl methyl sites for hydroxylation is 3. The van der Waals surface area contributed by atoms with Crippen LogP contribution in [-0.2, 0) is 16.6 Å². The molecule has 2 N–H and O–H groups in total. The third-order valence-electron chi connectivity index (χ3n) is 7.18. The number of alkyl halides is 3. The molecular formula is C31H26F3NO4. The fraction of sp³-hybridized carbons (Fsp3) is 0.194. The second kappa shape index (κ2) is 9.38. The van der Waals surface area contributed by atoms with Gasteiger partial charge in [0.1, 0.15) is 22.7 Å². The third-order valence-corrected chi connectivity index (χ3v) is 7.18. The molecular weight excluding hydrogens is 507 g/mol. The number of phenols is 2. The van der Waals surface area contributed by atoms with Gasteiger partial charge in [0.05, 0.1) is 11.4 Å². The minimum absolute atomic E-state index is 0.0908. The first-order valence-corrected chi connectivity index (χ1v) is 12.4. The Morgan fingerprint density at radius 1 is 0.872 bits per heavy atom. The zero-order chi connectivity index (χ0) is 28.1. The molecule has 5 nitrogen and oxygen atoms in total. The quantitative estimate of drug-likeness (QED) is 0.285. The molecule has 0 radical (unpaired) electrons. The van der Waals surface area contributed by atoms with Gasteiger partial charge in [0.2, 0.25) is 0 Å². The maximum Gasteiger partial charge on any atom is 0.573 e. The van der Waals surface area contributed by atoms with E-state index >= 15 is 0 Å². The van der Waals surface area contributed by atoms with E-state index in [0.29, 0.717) is 39.9 Å². The highest BCUT2D eigenvalue weighted by Gasteiger charge is 2.55. The second-order valence-corrected chi connectivity index (χ2v) is 9.62. The van der Waals surface area contributed by atoms with Gasteiger partial charge >= 0.3 is 6.36 Å². The second-order valence-electron chi connectivity index (χ2n) is 9.62. The summed E-state index contributed by atoms with van der Waals surface area (Å²) in [5.41, 5.74) is 2.44. The van der Waals surface area contributed by atoms with Gasteiger partial charge in [-0.3, -0.25) is 9.69 Å². The minimum Gasteiger partial charge on any atom is -0.508 e. The molecule has 0 spiro atoms. The number of ether oxygens (including phenoxy) is 1. The summed E-state index contributed by atoms with van der Waals surface area (Å²) in [7, 11) is 0. The lowest BCUT2D eigenvalue weighted by molar-refractivity contribution is -0.274. The summed E-state index contributed by atoms with van der Waals surface area (Å²) in [5.74, 6) is -0.960. The van der Waals surface area contributed by atoms with E-state index in [0.717, 1.165) is 11.6 Å². The maximum atomic E-state index is 14.8. The van der Waals surface area contributed by atoms with Crippen LogP contribution in [-0.4, -0.2) is 22.5 Å². The Balaban J connectivity index is 1.85. The van der Waals surface area contributed by atoms with Crippen LogP contribution in [0.1, 0.15) is 40.3 Å². The molecule has 0 saturated carbocycles. The molecule has 1 aliphatic rings. The highest BCUT2D eigenvalue weighted by molar-refractivity contribution is 6.17. The number of anilines is 2. The molecule has 1 atom stereocenters. The highest BCUT2D eigenvalue weighted by atomic mass is 19.4. The van der Waals surface area contributed by atoms with Crippen molar-refractivity contribution in [1.29, 1.82) is 0 Å². The molecule has 8 heteroatoms.